The third kappa shape index (κ3) is 3.29. The molecule has 0 aliphatic heterocycles. The van der Waals surface area contributed by atoms with Crippen LogP contribution in [-0.2, 0) is 9.53 Å². The maximum Gasteiger partial charge on any atom is 0.227 e. The monoisotopic (exact) mass is 199 g/mol. The van der Waals surface area contributed by atoms with Gasteiger partial charge in [-0.05, 0) is 12.8 Å². The lowest BCUT2D eigenvalue weighted by atomic mass is 10.1. The van der Waals surface area contributed by atoms with Crippen LogP contribution in [-0.4, -0.2) is 37.6 Å². The molecule has 0 spiro atoms. The maximum atomic E-state index is 11.5. The van der Waals surface area contributed by atoms with E-state index in [2.05, 4.69) is 0 Å². The van der Waals surface area contributed by atoms with Crippen molar-refractivity contribution in [2.24, 2.45) is 5.92 Å². The lowest BCUT2D eigenvalue weighted by Gasteiger charge is -2.18. The second-order valence-corrected chi connectivity index (χ2v) is 4.37. The minimum atomic E-state index is -0.00870. The van der Waals surface area contributed by atoms with Crippen LogP contribution < -0.4 is 0 Å². The van der Waals surface area contributed by atoms with E-state index in [4.69, 9.17) is 4.74 Å². The van der Waals surface area contributed by atoms with Crippen molar-refractivity contribution >= 4 is 5.91 Å². The standard InChI is InChI=1S/C11H21NO2/c1-9(11(13)12(2)3)8-14-10-6-4-5-7-10/h9-10H,4-8H2,1-3H3. The summed E-state index contributed by atoms with van der Waals surface area (Å²) in [6, 6.07) is 0. The van der Waals surface area contributed by atoms with Gasteiger partial charge in [0.05, 0.1) is 18.6 Å². The summed E-state index contributed by atoms with van der Waals surface area (Å²) in [5.74, 6) is 0.147. The van der Waals surface area contributed by atoms with Crippen molar-refractivity contribution in [3.63, 3.8) is 0 Å². The first kappa shape index (κ1) is 11.5. The van der Waals surface area contributed by atoms with Gasteiger partial charge < -0.3 is 9.64 Å². The van der Waals surface area contributed by atoms with Crippen LogP contribution in [0.4, 0.5) is 0 Å². The Hall–Kier alpha value is -0.570. The third-order valence-corrected chi connectivity index (χ3v) is 2.75. The molecule has 0 radical (unpaired) electrons. The fraction of sp³-hybridized carbons (Fsp3) is 0.909. The molecule has 0 aromatic carbocycles. The van der Waals surface area contributed by atoms with Gasteiger partial charge in [0.2, 0.25) is 5.91 Å². The molecule has 0 aromatic heterocycles. The molecule has 0 saturated heterocycles. The molecule has 1 unspecified atom stereocenters. The number of hydrogen-bond acceptors (Lipinski definition) is 2. The smallest absolute Gasteiger partial charge is 0.227 e. The fourth-order valence-corrected chi connectivity index (χ4v) is 1.85. The van der Waals surface area contributed by atoms with E-state index in [-0.39, 0.29) is 11.8 Å². The Balaban J connectivity index is 2.19. The van der Waals surface area contributed by atoms with E-state index >= 15 is 0 Å². The average molecular weight is 199 g/mol. The number of rotatable bonds is 4. The van der Waals surface area contributed by atoms with Crippen molar-refractivity contribution in [3.8, 4) is 0 Å². The Morgan fingerprint density at radius 3 is 2.50 bits per heavy atom. The molecule has 1 rings (SSSR count). The van der Waals surface area contributed by atoms with E-state index in [1.54, 1.807) is 19.0 Å². The largest absolute Gasteiger partial charge is 0.377 e. The van der Waals surface area contributed by atoms with Crippen LogP contribution in [0.3, 0.4) is 0 Å². The quantitative estimate of drug-likeness (QED) is 0.689. The Labute approximate surface area is 86.4 Å². The molecule has 1 amide bonds. The van der Waals surface area contributed by atoms with Crippen molar-refractivity contribution in [2.75, 3.05) is 20.7 Å². The van der Waals surface area contributed by atoms with Crippen molar-refractivity contribution in [2.45, 2.75) is 38.7 Å². The second kappa shape index (κ2) is 5.35. The lowest BCUT2D eigenvalue weighted by Crippen LogP contribution is -2.31. The molecule has 3 heteroatoms. The summed E-state index contributed by atoms with van der Waals surface area (Å²) < 4.78 is 5.69. The van der Waals surface area contributed by atoms with Crippen molar-refractivity contribution < 1.29 is 9.53 Å². The zero-order valence-electron chi connectivity index (χ0n) is 9.45. The summed E-state index contributed by atoms with van der Waals surface area (Å²) in [7, 11) is 3.57. The molecular formula is C11H21NO2. The van der Waals surface area contributed by atoms with E-state index in [0.717, 1.165) is 0 Å². The van der Waals surface area contributed by atoms with E-state index in [1.807, 2.05) is 6.92 Å². The van der Waals surface area contributed by atoms with Crippen LogP contribution in [0.2, 0.25) is 0 Å². The lowest BCUT2D eigenvalue weighted by molar-refractivity contribution is -0.135. The Bertz CT molecular complexity index is 186. The molecular weight excluding hydrogens is 178 g/mol. The number of amides is 1. The first-order chi connectivity index (χ1) is 6.61. The van der Waals surface area contributed by atoms with E-state index in [1.165, 1.54) is 25.7 Å². The van der Waals surface area contributed by atoms with Crippen molar-refractivity contribution in [3.05, 3.63) is 0 Å². The van der Waals surface area contributed by atoms with Gasteiger partial charge in [-0.15, -0.1) is 0 Å². The molecule has 0 heterocycles. The third-order valence-electron chi connectivity index (χ3n) is 2.75. The number of nitrogens with zero attached hydrogens (tertiary/aromatic N) is 1. The highest BCUT2D eigenvalue weighted by Crippen LogP contribution is 2.21. The first-order valence-electron chi connectivity index (χ1n) is 5.44. The van der Waals surface area contributed by atoms with Gasteiger partial charge in [0.25, 0.3) is 0 Å². The number of carbonyl (C=O) groups excluding carboxylic acids is 1. The molecule has 0 aromatic rings. The summed E-state index contributed by atoms with van der Waals surface area (Å²) in [6.45, 7) is 2.50. The van der Waals surface area contributed by atoms with Gasteiger partial charge in [-0.1, -0.05) is 19.8 Å². The normalized spacial score (nSPS) is 19.6. The molecule has 1 aliphatic rings. The highest BCUT2D eigenvalue weighted by Gasteiger charge is 2.19. The summed E-state index contributed by atoms with van der Waals surface area (Å²) >= 11 is 0. The van der Waals surface area contributed by atoms with Gasteiger partial charge in [-0.2, -0.15) is 0 Å². The Kier molecular flexibility index (Phi) is 4.39. The van der Waals surface area contributed by atoms with Crippen LogP contribution in [0, 0.1) is 5.92 Å². The van der Waals surface area contributed by atoms with E-state index in [9.17, 15) is 4.79 Å². The van der Waals surface area contributed by atoms with Gasteiger partial charge in [-0.25, -0.2) is 0 Å². The summed E-state index contributed by atoms with van der Waals surface area (Å²) in [4.78, 5) is 13.1. The minimum absolute atomic E-state index is 0.00870. The molecule has 1 fully saturated rings. The Morgan fingerprint density at radius 2 is 2.00 bits per heavy atom. The molecule has 0 N–H and O–H groups in total. The molecule has 0 bridgehead atoms. The zero-order valence-corrected chi connectivity index (χ0v) is 9.45. The van der Waals surface area contributed by atoms with Gasteiger partial charge >= 0.3 is 0 Å². The predicted octanol–water partition coefficient (Wildman–Crippen LogP) is 1.67. The second-order valence-electron chi connectivity index (χ2n) is 4.37. The SMILES string of the molecule is CC(COC1CCCC1)C(=O)N(C)C. The van der Waals surface area contributed by atoms with E-state index in [0.29, 0.717) is 12.7 Å². The van der Waals surface area contributed by atoms with Crippen molar-refractivity contribution in [1.82, 2.24) is 4.90 Å². The molecule has 14 heavy (non-hydrogen) atoms. The fourth-order valence-electron chi connectivity index (χ4n) is 1.85. The molecule has 1 saturated carbocycles. The summed E-state index contributed by atoms with van der Waals surface area (Å²) in [6.07, 6.45) is 5.31. The minimum Gasteiger partial charge on any atom is -0.377 e. The maximum absolute atomic E-state index is 11.5. The number of hydrogen-bond donors (Lipinski definition) is 0. The summed E-state index contributed by atoms with van der Waals surface area (Å²) in [5.41, 5.74) is 0. The molecule has 1 aliphatic carbocycles. The highest BCUT2D eigenvalue weighted by molar-refractivity contribution is 5.77. The van der Waals surface area contributed by atoms with Crippen LogP contribution >= 0.6 is 0 Å². The number of ether oxygens (including phenoxy) is 1. The van der Waals surface area contributed by atoms with Crippen LogP contribution in [0.1, 0.15) is 32.6 Å². The van der Waals surface area contributed by atoms with Crippen LogP contribution in [0.25, 0.3) is 0 Å². The van der Waals surface area contributed by atoms with Gasteiger partial charge in [0, 0.05) is 14.1 Å². The summed E-state index contributed by atoms with van der Waals surface area (Å²) in [5, 5.41) is 0. The molecule has 82 valence electrons. The average Bonchev–Trinajstić information content (AvgIpc) is 2.65. The Morgan fingerprint density at radius 1 is 1.43 bits per heavy atom. The highest BCUT2D eigenvalue weighted by atomic mass is 16.5. The predicted molar refractivity (Wildman–Crippen MR) is 56.1 cm³/mol. The van der Waals surface area contributed by atoms with E-state index < -0.39 is 0 Å². The van der Waals surface area contributed by atoms with Crippen molar-refractivity contribution in [1.29, 1.82) is 0 Å². The zero-order chi connectivity index (χ0) is 10.6. The first-order valence-corrected chi connectivity index (χ1v) is 5.44. The molecule has 3 nitrogen and oxygen atoms in total. The van der Waals surface area contributed by atoms with Gasteiger partial charge in [0.1, 0.15) is 0 Å². The number of carbonyl (C=O) groups is 1. The molecule has 1 atom stereocenters. The van der Waals surface area contributed by atoms with Gasteiger partial charge in [-0.3, -0.25) is 4.79 Å². The van der Waals surface area contributed by atoms with Crippen LogP contribution in [0.5, 0.6) is 0 Å². The van der Waals surface area contributed by atoms with Crippen LogP contribution in [0.15, 0.2) is 0 Å². The topological polar surface area (TPSA) is 29.5 Å². The van der Waals surface area contributed by atoms with Gasteiger partial charge in [0.15, 0.2) is 0 Å².